The monoisotopic (exact) mass is 237 g/mol. The summed E-state index contributed by atoms with van der Waals surface area (Å²) in [5.41, 5.74) is 0. The van der Waals surface area contributed by atoms with E-state index in [1.807, 2.05) is 0 Å². The maximum absolute atomic E-state index is 11.5. The number of rotatable bonds is 3. The van der Waals surface area contributed by atoms with Gasteiger partial charge >= 0.3 is 0 Å². The summed E-state index contributed by atoms with van der Waals surface area (Å²) in [6.07, 6.45) is 1.90. The third-order valence-corrected chi connectivity index (χ3v) is 5.24. The first-order valence-electron chi connectivity index (χ1n) is 5.13. The molecule has 1 aliphatic heterocycles. The Balaban J connectivity index is 2.52. The van der Waals surface area contributed by atoms with Gasteiger partial charge in [-0.1, -0.05) is 6.92 Å². The number of hydrogen-bond acceptors (Lipinski definition) is 3. The summed E-state index contributed by atoms with van der Waals surface area (Å²) in [5, 5.41) is 0.376. The van der Waals surface area contributed by atoms with E-state index in [0.717, 1.165) is 12.8 Å². The third kappa shape index (κ3) is 2.87. The first kappa shape index (κ1) is 12.3. The summed E-state index contributed by atoms with van der Waals surface area (Å²) in [5.74, 6) is 0.787. The number of hydrogen-bond donors (Lipinski definition) is 1. The fourth-order valence-corrected chi connectivity index (χ4v) is 3.25. The Morgan fingerprint density at radius 1 is 1.43 bits per heavy atom. The van der Waals surface area contributed by atoms with Gasteiger partial charge in [0.15, 0.2) is 0 Å². The highest BCUT2D eigenvalue weighted by molar-refractivity contribution is 7.89. The SMILES string of the molecule is CCS(=O)(=O)N1CCC(C(C)S)CC1. The highest BCUT2D eigenvalue weighted by atomic mass is 32.2. The molecular weight excluding hydrogens is 218 g/mol. The van der Waals surface area contributed by atoms with Crippen LogP contribution >= 0.6 is 12.6 Å². The van der Waals surface area contributed by atoms with Gasteiger partial charge in [0.25, 0.3) is 0 Å². The zero-order valence-corrected chi connectivity index (χ0v) is 10.5. The molecular formula is C9H19NO2S2. The van der Waals surface area contributed by atoms with E-state index >= 15 is 0 Å². The Labute approximate surface area is 92.3 Å². The van der Waals surface area contributed by atoms with Crippen LogP contribution in [0.3, 0.4) is 0 Å². The first-order chi connectivity index (χ1) is 6.47. The molecule has 0 amide bonds. The fourth-order valence-electron chi connectivity index (χ4n) is 1.82. The van der Waals surface area contributed by atoms with Gasteiger partial charge in [-0.25, -0.2) is 12.7 Å². The van der Waals surface area contributed by atoms with Gasteiger partial charge in [0.05, 0.1) is 5.75 Å². The van der Waals surface area contributed by atoms with Crippen molar-refractivity contribution in [2.24, 2.45) is 5.92 Å². The molecule has 0 bridgehead atoms. The van der Waals surface area contributed by atoms with Gasteiger partial charge in [-0.3, -0.25) is 0 Å². The predicted octanol–water partition coefficient (Wildman–Crippen LogP) is 1.37. The molecule has 1 atom stereocenters. The lowest BCUT2D eigenvalue weighted by Gasteiger charge is -2.32. The summed E-state index contributed by atoms with van der Waals surface area (Å²) in [6, 6.07) is 0. The molecule has 0 aromatic rings. The van der Waals surface area contributed by atoms with Crippen molar-refractivity contribution in [3.8, 4) is 0 Å². The molecule has 84 valence electrons. The van der Waals surface area contributed by atoms with Crippen LogP contribution in [0.4, 0.5) is 0 Å². The Bertz CT molecular complexity index is 267. The Morgan fingerprint density at radius 3 is 2.29 bits per heavy atom. The zero-order valence-electron chi connectivity index (χ0n) is 8.81. The number of nitrogens with zero attached hydrogens (tertiary/aromatic N) is 1. The second kappa shape index (κ2) is 4.86. The lowest BCUT2D eigenvalue weighted by Crippen LogP contribution is -2.40. The molecule has 0 saturated carbocycles. The van der Waals surface area contributed by atoms with Crippen LogP contribution in [-0.2, 0) is 10.0 Å². The molecule has 1 rings (SSSR count). The molecule has 3 nitrogen and oxygen atoms in total. The van der Waals surface area contributed by atoms with E-state index in [0.29, 0.717) is 24.3 Å². The average Bonchev–Trinajstić information content (AvgIpc) is 2.18. The van der Waals surface area contributed by atoms with Crippen molar-refractivity contribution in [1.29, 1.82) is 0 Å². The standard InChI is InChI=1S/C9H19NO2S2/c1-3-14(11,12)10-6-4-9(5-7-10)8(2)13/h8-9,13H,3-7H2,1-2H3. The van der Waals surface area contributed by atoms with Gasteiger partial charge < -0.3 is 0 Å². The Hall–Kier alpha value is 0.260. The lowest BCUT2D eigenvalue weighted by molar-refractivity contribution is 0.274. The summed E-state index contributed by atoms with van der Waals surface area (Å²) < 4.78 is 24.7. The number of piperidine rings is 1. The molecule has 0 N–H and O–H groups in total. The number of thiol groups is 1. The van der Waals surface area contributed by atoms with Gasteiger partial charge in [0.2, 0.25) is 10.0 Å². The molecule has 0 aromatic heterocycles. The molecule has 5 heteroatoms. The van der Waals surface area contributed by atoms with Crippen molar-refractivity contribution in [3.63, 3.8) is 0 Å². The maximum atomic E-state index is 11.5. The maximum Gasteiger partial charge on any atom is 0.213 e. The second-order valence-corrected chi connectivity index (χ2v) is 6.95. The van der Waals surface area contributed by atoms with Crippen LogP contribution < -0.4 is 0 Å². The Morgan fingerprint density at radius 2 is 1.93 bits per heavy atom. The number of sulfonamides is 1. The lowest BCUT2D eigenvalue weighted by atomic mass is 9.95. The molecule has 1 heterocycles. The second-order valence-electron chi connectivity index (χ2n) is 3.88. The van der Waals surface area contributed by atoms with Crippen LogP contribution in [0.1, 0.15) is 26.7 Å². The van der Waals surface area contributed by atoms with Gasteiger partial charge in [-0.05, 0) is 25.7 Å². The van der Waals surface area contributed by atoms with Gasteiger partial charge in [0.1, 0.15) is 0 Å². The minimum atomic E-state index is -2.96. The topological polar surface area (TPSA) is 37.4 Å². The van der Waals surface area contributed by atoms with Crippen molar-refractivity contribution in [2.75, 3.05) is 18.8 Å². The van der Waals surface area contributed by atoms with Gasteiger partial charge in [-0.2, -0.15) is 12.6 Å². The van der Waals surface area contributed by atoms with E-state index in [1.165, 1.54) is 0 Å². The smallest absolute Gasteiger partial charge is 0.212 e. The van der Waals surface area contributed by atoms with Crippen molar-refractivity contribution >= 4 is 22.7 Å². The summed E-state index contributed by atoms with van der Waals surface area (Å²) in [4.78, 5) is 0. The molecule has 14 heavy (non-hydrogen) atoms. The molecule has 1 unspecified atom stereocenters. The minimum Gasteiger partial charge on any atom is -0.212 e. The van der Waals surface area contributed by atoms with Crippen LogP contribution in [0.25, 0.3) is 0 Å². The highest BCUT2D eigenvalue weighted by Crippen LogP contribution is 2.24. The molecule has 0 spiro atoms. The predicted molar refractivity (Wildman–Crippen MR) is 62.2 cm³/mol. The first-order valence-corrected chi connectivity index (χ1v) is 7.26. The molecule has 0 radical (unpaired) electrons. The van der Waals surface area contributed by atoms with E-state index in [2.05, 4.69) is 19.6 Å². The Kier molecular flexibility index (Phi) is 4.28. The molecule has 1 fully saturated rings. The van der Waals surface area contributed by atoms with E-state index < -0.39 is 10.0 Å². The molecule has 0 aromatic carbocycles. The average molecular weight is 237 g/mol. The van der Waals surface area contributed by atoms with Gasteiger partial charge in [0, 0.05) is 18.3 Å². The van der Waals surface area contributed by atoms with Crippen molar-refractivity contribution in [3.05, 3.63) is 0 Å². The van der Waals surface area contributed by atoms with Crippen molar-refractivity contribution < 1.29 is 8.42 Å². The van der Waals surface area contributed by atoms with Crippen molar-refractivity contribution in [2.45, 2.75) is 31.9 Å². The minimum absolute atomic E-state index is 0.216. The summed E-state index contributed by atoms with van der Waals surface area (Å²) in [6.45, 7) is 5.12. The fraction of sp³-hybridized carbons (Fsp3) is 1.00. The molecule has 1 saturated heterocycles. The molecule has 0 aliphatic carbocycles. The van der Waals surface area contributed by atoms with Crippen LogP contribution in [-0.4, -0.2) is 36.8 Å². The van der Waals surface area contributed by atoms with Gasteiger partial charge in [-0.15, -0.1) is 0 Å². The van der Waals surface area contributed by atoms with Crippen LogP contribution in [0, 0.1) is 5.92 Å². The van der Waals surface area contributed by atoms with E-state index in [-0.39, 0.29) is 5.75 Å². The van der Waals surface area contributed by atoms with E-state index in [4.69, 9.17) is 0 Å². The highest BCUT2D eigenvalue weighted by Gasteiger charge is 2.27. The largest absolute Gasteiger partial charge is 0.213 e. The van der Waals surface area contributed by atoms with Crippen molar-refractivity contribution in [1.82, 2.24) is 4.31 Å². The molecule has 1 aliphatic rings. The summed E-state index contributed by atoms with van der Waals surface area (Å²) in [7, 11) is -2.96. The normalized spacial score (nSPS) is 23.6. The summed E-state index contributed by atoms with van der Waals surface area (Å²) >= 11 is 4.40. The zero-order chi connectivity index (χ0) is 10.8. The van der Waals surface area contributed by atoms with Crippen LogP contribution in [0.15, 0.2) is 0 Å². The quantitative estimate of drug-likeness (QED) is 0.753. The van der Waals surface area contributed by atoms with Crippen LogP contribution in [0.5, 0.6) is 0 Å². The van der Waals surface area contributed by atoms with E-state index in [9.17, 15) is 8.42 Å². The third-order valence-electron chi connectivity index (χ3n) is 2.94. The van der Waals surface area contributed by atoms with Crippen LogP contribution in [0.2, 0.25) is 0 Å². The van der Waals surface area contributed by atoms with E-state index in [1.54, 1.807) is 11.2 Å².